The highest BCUT2D eigenvalue weighted by Gasteiger charge is 2.55. The molecule has 4 rings (SSSR count). The number of Topliss-reactive ketones (excluding diaryl/α,β-unsaturated/α-hetero) is 1. The second-order valence-electron chi connectivity index (χ2n) is 9.84. The van der Waals surface area contributed by atoms with Gasteiger partial charge in [0, 0.05) is 29.7 Å². The maximum absolute atomic E-state index is 13.4. The average molecular weight is 553 g/mol. The fourth-order valence-corrected chi connectivity index (χ4v) is 5.16. The lowest BCUT2D eigenvalue weighted by molar-refractivity contribution is -0.118. The molecule has 0 N–H and O–H groups in total. The summed E-state index contributed by atoms with van der Waals surface area (Å²) in [6.45, 7) is 6.48. The van der Waals surface area contributed by atoms with Crippen molar-refractivity contribution in [2.45, 2.75) is 39.2 Å². The highest BCUT2D eigenvalue weighted by atomic mass is 35.5. The Hall–Kier alpha value is -1.98. The fraction of sp³-hybridized carbons (Fsp3) is 0.333. The fourth-order valence-electron chi connectivity index (χ4n) is 4.54. The Bertz CT molecular complexity index is 1180. The van der Waals surface area contributed by atoms with Crippen molar-refractivity contribution in [2.75, 3.05) is 13.1 Å². The molecule has 35 heavy (non-hydrogen) atoms. The molecule has 0 bridgehead atoms. The third-order valence-corrected chi connectivity index (χ3v) is 7.78. The molecule has 1 aliphatic heterocycles. The monoisotopic (exact) mass is 551 g/mol. The molecule has 1 spiro atoms. The summed E-state index contributed by atoms with van der Waals surface area (Å²) in [5.41, 5.74) is 1.93. The number of carbonyl (C=O) groups is 2. The second-order valence-corrected chi connectivity index (χ2v) is 11.5. The van der Waals surface area contributed by atoms with Gasteiger partial charge in [-0.05, 0) is 81.2 Å². The topological polar surface area (TPSA) is 46.6 Å². The maximum atomic E-state index is 13.4. The van der Waals surface area contributed by atoms with E-state index >= 15 is 0 Å². The number of allylic oxidation sites excluding steroid dienone is 2. The van der Waals surface area contributed by atoms with Gasteiger partial charge in [0.05, 0.1) is 20.1 Å². The van der Waals surface area contributed by atoms with Gasteiger partial charge in [-0.15, -0.1) is 0 Å². The van der Waals surface area contributed by atoms with E-state index in [-0.39, 0.29) is 11.9 Å². The Morgan fingerprint density at radius 3 is 1.71 bits per heavy atom. The summed E-state index contributed by atoms with van der Waals surface area (Å²) in [6, 6.07) is 10.6. The third-order valence-electron chi connectivity index (χ3n) is 6.30. The van der Waals surface area contributed by atoms with Gasteiger partial charge < -0.3 is 9.64 Å². The Kier molecular flexibility index (Phi) is 7.32. The summed E-state index contributed by atoms with van der Waals surface area (Å²) in [5, 5.41) is 1.75. The van der Waals surface area contributed by atoms with Crippen molar-refractivity contribution >= 4 is 70.4 Å². The molecule has 1 aliphatic carbocycles. The molecule has 2 aromatic rings. The van der Waals surface area contributed by atoms with Crippen LogP contribution in [0.3, 0.4) is 0 Å². The maximum Gasteiger partial charge on any atom is 0.410 e. The zero-order valence-corrected chi connectivity index (χ0v) is 22.7. The molecule has 0 aromatic heterocycles. The molecule has 2 aliphatic rings. The second kappa shape index (κ2) is 9.82. The van der Waals surface area contributed by atoms with Crippen LogP contribution >= 0.6 is 46.4 Å². The SMILES string of the molecule is CC(C)(C)OC(=O)N1CCC2(CC1)/C(=C\c1ccc(Cl)c(Cl)c1)C(=O)/C2=C/c1ccc(Cl)c(Cl)c1. The number of halogens is 4. The van der Waals surface area contributed by atoms with Crippen LogP contribution in [0.1, 0.15) is 44.7 Å². The molecule has 1 amide bonds. The van der Waals surface area contributed by atoms with E-state index in [4.69, 9.17) is 51.1 Å². The van der Waals surface area contributed by atoms with Gasteiger partial charge in [0.2, 0.25) is 0 Å². The Morgan fingerprint density at radius 2 is 1.31 bits per heavy atom. The van der Waals surface area contributed by atoms with Gasteiger partial charge in [0.25, 0.3) is 0 Å². The minimum Gasteiger partial charge on any atom is -0.444 e. The standard InChI is InChI=1S/C27H25Cl4NO3/c1-26(2,3)35-25(34)32-10-8-27(9-11-32)18(12-16-4-6-20(28)22(30)14-16)24(33)19(27)13-17-5-7-21(29)23(31)15-17/h4-7,12-15H,8-11H2,1-3H3/b18-12-,19-13-. The Morgan fingerprint density at radius 1 is 0.857 bits per heavy atom. The van der Waals surface area contributed by atoms with E-state index in [0.717, 1.165) is 11.1 Å². The summed E-state index contributed by atoms with van der Waals surface area (Å²) in [5.74, 6) is -0.0344. The van der Waals surface area contributed by atoms with E-state index in [9.17, 15) is 9.59 Å². The predicted molar refractivity (Wildman–Crippen MR) is 143 cm³/mol. The van der Waals surface area contributed by atoms with Crippen LogP contribution in [-0.4, -0.2) is 35.5 Å². The van der Waals surface area contributed by atoms with Crippen molar-refractivity contribution < 1.29 is 14.3 Å². The van der Waals surface area contributed by atoms with E-state index < -0.39 is 11.0 Å². The Balaban J connectivity index is 1.69. The summed E-state index contributed by atoms with van der Waals surface area (Å²) in [7, 11) is 0. The van der Waals surface area contributed by atoms with Crippen LogP contribution in [0, 0.1) is 5.41 Å². The van der Waals surface area contributed by atoms with Crippen molar-refractivity contribution in [3.05, 3.63) is 78.8 Å². The summed E-state index contributed by atoms with van der Waals surface area (Å²) in [6.07, 6.45) is 4.60. The number of piperidine rings is 1. The van der Waals surface area contributed by atoms with Gasteiger partial charge in [-0.2, -0.15) is 0 Å². The van der Waals surface area contributed by atoms with E-state index in [1.807, 2.05) is 45.1 Å². The lowest BCUT2D eigenvalue weighted by Gasteiger charge is -2.50. The van der Waals surface area contributed by atoms with Crippen LogP contribution in [-0.2, 0) is 9.53 Å². The molecule has 2 fully saturated rings. The number of likely N-dealkylation sites (tertiary alicyclic amines) is 1. The number of nitrogens with zero attached hydrogens (tertiary/aromatic N) is 1. The van der Waals surface area contributed by atoms with Crippen LogP contribution in [0.25, 0.3) is 12.2 Å². The molecule has 184 valence electrons. The number of amides is 1. The first-order chi connectivity index (χ1) is 16.4. The van der Waals surface area contributed by atoms with Crippen molar-refractivity contribution in [1.29, 1.82) is 0 Å². The van der Waals surface area contributed by atoms with Crippen molar-refractivity contribution in [3.8, 4) is 0 Å². The van der Waals surface area contributed by atoms with Crippen molar-refractivity contribution in [3.63, 3.8) is 0 Å². The number of rotatable bonds is 2. The number of ketones is 1. The average Bonchev–Trinajstić information content (AvgIpc) is 2.79. The largest absolute Gasteiger partial charge is 0.444 e. The van der Waals surface area contributed by atoms with Gasteiger partial charge in [-0.25, -0.2) is 4.79 Å². The summed E-state index contributed by atoms with van der Waals surface area (Å²) < 4.78 is 5.55. The lowest BCUT2D eigenvalue weighted by atomic mass is 9.54. The first-order valence-electron chi connectivity index (χ1n) is 11.3. The number of carbonyl (C=O) groups excluding carboxylic acids is 2. The minimum absolute atomic E-state index is 0.0344. The van der Waals surface area contributed by atoms with Crippen molar-refractivity contribution in [1.82, 2.24) is 4.90 Å². The third kappa shape index (κ3) is 5.41. The molecule has 8 heteroatoms. The van der Waals surface area contributed by atoms with Gasteiger partial charge in [-0.3, -0.25) is 4.79 Å². The normalized spacial score (nSPS) is 19.9. The van der Waals surface area contributed by atoms with E-state index in [1.54, 1.807) is 29.2 Å². The lowest BCUT2D eigenvalue weighted by Crippen LogP contribution is -2.53. The van der Waals surface area contributed by atoms with Crippen LogP contribution in [0.5, 0.6) is 0 Å². The van der Waals surface area contributed by atoms with Gasteiger partial charge in [0.15, 0.2) is 5.78 Å². The minimum atomic E-state index is -0.573. The molecule has 2 aromatic carbocycles. The van der Waals surface area contributed by atoms with Crippen LogP contribution in [0.15, 0.2) is 47.5 Å². The molecule has 0 radical (unpaired) electrons. The summed E-state index contributed by atoms with van der Waals surface area (Å²) in [4.78, 5) is 27.7. The Labute approximate surface area is 225 Å². The number of hydrogen-bond acceptors (Lipinski definition) is 3. The van der Waals surface area contributed by atoms with E-state index in [2.05, 4.69) is 0 Å². The zero-order valence-electron chi connectivity index (χ0n) is 19.6. The van der Waals surface area contributed by atoms with Crippen molar-refractivity contribution in [2.24, 2.45) is 5.41 Å². The number of benzene rings is 2. The van der Waals surface area contributed by atoms with Crippen LogP contribution in [0.2, 0.25) is 20.1 Å². The quantitative estimate of drug-likeness (QED) is 0.351. The molecule has 1 saturated carbocycles. The highest BCUT2D eigenvalue weighted by molar-refractivity contribution is 6.42. The number of ether oxygens (including phenoxy) is 1. The van der Waals surface area contributed by atoms with Gasteiger partial charge in [-0.1, -0.05) is 58.5 Å². The smallest absolute Gasteiger partial charge is 0.410 e. The molecular weight excluding hydrogens is 528 g/mol. The van der Waals surface area contributed by atoms with Crippen LogP contribution in [0.4, 0.5) is 4.79 Å². The predicted octanol–water partition coefficient (Wildman–Crippen LogP) is 8.37. The molecule has 1 saturated heterocycles. The number of hydrogen-bond donors (Lipinski definition) is 0. The van der Waals surface area contributed by atoms with Gasteiger partial charge >= 0.3 is 6.09 Å². The highest BCUT2D eigenvalue weighted by Crippen LogP contribution is 2.56. The van der Waals surface area contributed by atoms with Gasteiger partial charge in [0.1, 0.15) is 5.60 Å². The molecule has 0 unspecified atom stereocenters. The molecule has 4 nitrogen and oxygen atoms in total. The first-order valence-corrected chi connectivity index (χ1v) is 12.8. The van der Waals surface area contributed by atoms with E-state index in [1.165, 1.54) is 0 Å². The zero-order chi connectivity index (χ0) is 25.5. The van der Waals surface area contributed by atoms with Crippen LogP contribution < -0.4 is 0 Å². The molecular formula is C27H25Cl4NO3. The molecule has 0 atom stereocenters. The summed E-state index contributed by atoms with van der Waals surface area (Å²) >= 11 is 24.5. The first kappa shape index (κ1) is 26.1. The molecule has 1 heterocycles. The van der Waals surface area contributed by atoms with E-state index in [0.29, 0.717) is 57.2 Å².